The average molecular weight is 1100 g/mol. The number of aliphatic hydroxyl groups is 6. The Morgan fingerprint density at radius 3 is 2.13 bits per heavy atom. The number of amides is 3. The molecule has 4 rings (SSSR count). The van der Waals surface area contributed by atoms with Crippen LogP contribution in [0.2, 0.25) is 0 Å². The number of esters is 1. The number of aliphatic hydroxyl groups excluding tert-OH is 6. The van der Waals surface area contributed by atoms with Crippen molar-refractivity contribution in [3.8, 4) is 23.0 Å². The van der Waals surface area contributed by atoms with E-state index >= 15 is 8.78 Å². The van der Waals surface area contributed by atoms with Gasteiger partial charge in [0.05, 0.1) is 52.9 Å². The van der Waals surface area contributed by atoms with Gasteiger partial charge in [0.15, 0.2) is 40.9 Å². The molecule has 23 nitrogen and oxygen atoms in total. The Balaban J connectivity index is 1.26. The van der Waals surface area contributed by atoms with E-state index in [9.17, 15) is 49.5 Å². The maximum Gasteiger partial charge on any atom is 0.407 e. The van der Waals surface area contributed by atoms with Crippen LogP contribution in [-0.4, -0.2) is 181 Å². The molecule has 0 saturated carbocycles. The van der Waals surface area contributed by atoms with Crippen LogP contribution in [0.15, 0.2) is 18.2 Å². The smallest absolute Gasteiger partial charge is 0.407 e. The number of carbonyl (C=O) groups excluding carboxylic acids is 5. The molecule has 426 valence electrons. The maximum absolute atomic E-state index is 16.2. The number of methoxy groups -OCH3 is 2. The van der Waals surface area contributed by atoms with Crippen molar-refractivity contribution in [2.75, 3.05) is 60.3 Å². The van der Waals surface area contributed by atoms with Crippen LogP contribution in [-0.2, 0) is 56.0 Å². The van der Waals surface area contributed by atoms with Crippen molar-refractivity contribution in [3.63, 3.8) is 0 Å². The van der Waals surface area contributed by atoms with Crippen molar-refractivity contribution in [1.29, 1.82) is 0 Å². The Morgan fingerprint density at radius 1 is 0.855 bits per heavy atom. The number of alkyl carbamates (subject to hydrolysis) is 1. The maximum atomic E-state index is 16.2. The molecule has 0 saturated heterocycles. The largest absolute Gasteiger partial charge is 0.493 e. The van der Waals surface area contributed by atoms with E-state index in [-0.39, 0.29) is 106 Å². The van der Waals surface area contributed by atoms with Gasteiger partial charge in [-0.05, 0) is 65.7 Å². The highest BCUT2D eigenvalue weighted by Gasteiger charge is 2.35. The number of halogens is 2. The van der Waals surface area contributed by atoms with Crippen LogP contribution in [0.4, 0.5) is 13.6 Å². The van der Waals surface area contributed by atoms with Gasteiger partial charge in [0.25, 0.3) is 5.91 Å². The van der Waals surface area contributed by atoms with Crippen LogP contribution < -0.4 is 29.6 Å². The van der Waals surface area contributed by atoms with Gasteiger partial charge in [0.1, 0.15) is 55.1 Å². The second-order valence-electron chi connectivity index (χ2n) is 18.7. The molecular formula is C50H71F2N3O20S. The highest BCUT2D eigenvalue weighted by atomic mass is 32.1. The zero-order valence-corrected chi connectivity index (χ0v) is 44.5. The number of aldehydes is 1. The second kappa shape index (κ2) is 29.8. The minimum absolute atomic E-state index is 0.0326. The topological polar surface area (TPSA) is 317 Å². The second-order valence-corrected chi connectivity index (χ2v) is 19.8. The van der Waals surface area contributed by atoms with E-state index in [0.29, 0.717) is 21.4 Å². The molecule has 1 aliphatic rings. The number of hydrogen-bond acceptors (Lipinski definition) is 21. The van der Waals surface area contributed by atoms with Gasteiger partial charge < -0.3 is 93.6 Å². The molecule has 2 heterocycles. The number of fused-ring (bicyclic) bond motifs is 2. The zero-order chi connectivity index (χ0) is 56.4. The van der Waals surface area contributed by atoms with E-state index in [0.717, 1.165) is 11.3 Å². The Hall–Kier alpha value is -5.55. The fourth-order valence-electron chi connectivity index (χ4n) is 7.49. The van der Waals surface area contributed by atoms with Gasteiger partial charge in [-0.15, -0.1) is 11.3 Å². The molecule has 26 heteroatoms. The molecule has 76 heavy (non-hydrogen) atoms. The summed E-state index contributed by atoms with van der Waals surface area (Å²) in [5.74, 6) is -3.92. The first kappa shape index (κ1) is 63.0. The van der Waals surface area contributed by atoms with Crippen molar-refractivity contribution >= 4 is 51.6 Å². The van der Waals surface area contributed by atoms with Crippen LogP contribution in [0.25, 0.3) is 10.1 Å². The first-order valence-electron chi connectivity index (χ1n) is 24.4. The summed E-state index contributed by atoms with van der Waals surface area (Å²) in [6, 6.07) is 4.44. The number of carbonyl (C=O) groups is 5. The minimum atomic E-state index is -1.93. The molecule has 3 amide bonds. The number of thiophene rings is 1. The molecule has 0 fully saturated rings. The SMILES string of the molecule is COc1cc2c(c(F)c1OCCCOc1c(OC)cc3sc(C(O)CCC(=O)OC[C@@H](O)[C@@H](O)[C@H](O)[C@H](O)CO)cc3c1F)CN(C(=O)C(CC=O)OC(C)CNC(=O)[C@H](C)O[C@@H](C)OCCNC(=O)OC(C)(C)C)C2. The molecule has 8 N–H and O–H groups in total. The normalized spacial score (nSPS) is 16.0. The minimum Gasteiger partial charge on any atom is -0.493 e. The van der Waals surface area contributed by atoms with Crippen molar-refractivity contribution in [3.05, 3.63) is 45.8 Å². The molecule has 0 spiro atoms. The molecule has 0 radical (unpaired) electrons. The average Bonchev–Trinajstić information content (AvgIpc) is 4.02. The molecule has 0 aliphatic carbocycles. The quantitative estimate of drug-likeness (QED) is 0.0193. The van der Waals surface area contributed by atoms with Crippen LogP contribution in [0.3, 0.4) is 0 Å². The molecule has 9 atom stereocenters. The first-order chi connectivity index (χ1) is 35.9. The van der Waals surface area contributed by atoms with Gasteiger partial charge in [0, 0.05) is 72.0 Å². The van der Waals surface area contributed by atoms with Gasteiger partial charge in [0.2, 0.25) is 5.91 Å². The van der Waals surface area contributed by atoms with Crippen LogP contribution in [0.5, 0.6) is 23.0 Å². The number of ether oxygens (including phenoxy) is 9. The fraction of sp³-hybridized carbons (Fsp3) is 0.620. The van der Waals surface area contributed by atoms with Crippen LogP contribution >= 0.6 is 11.3 Å². The Bertz CT molecular complexity index is 2410. The number of nitrogens with zero attached hydrogens (tertiary/aromatic N) is 1. The summed E-state index contributed by atoms with van der Waals surface area (Å²) in [7, 11) is 2.63. The van der Waals surface area contributed by atoms with Gasteiger partial charge in [-0.1, -0.05) is 0 Å². The van der Waals surface area contributed by atoms with Gasteiger partial charge in [-0.2, -0.15) is 0 Å². The van der Waals surface area contributed by atoms with Gasteiger partial charge >= 0.3 is 12.1 Å². The standard InChI is InChI=1S/C50H71F2N3O20S/c1-26(21-54-47(64)27(2)74-28(3)69-17-13-53-49(66)75-50(4,5)6)73-35(12-14-56)48(65)55-22-29-18-36(67-7)45(42(52)31(29)23-55)70-15-9-16-71-46-37(68-8)20-38-30(41(46)51)19-39(76-38)32(58)10-11-40(61)72-25-34(60)44(63)43(62)33(59)24-57/h14,18-20,26-28,32-35,43-44,57-60,62-63H,9-13,15-17,21-25H2,1-8H3,(H,53,66)(H,54,64)/t26?,27-,28-,32?,33+,34+,35?,43+,44+/m0/s1. The lowest BCUT2D eigenvalue weighted by molar-refractivity contribution is -0.169. The lowest BCUT2D eigenvalue weighted by atomic mass is 10.0. The van der Waals surface area contributed by atoms with E-state index in [4.69, 9.17) is 47.7 Å². The molecule has 3 aromatic rings. The van der Waals surface area contributed by atoms with Crippen molar-refractivity contribution in [2.45, 2.75) is 141 Å². The van der Waals surface area contributed by atoms with Crippen LogP contribution in [0.1, 0.15) is 89.3 Å². The predicted molar refractivity (Wildman–Crippen MR) is 266 cm³/mol. The lowest BCUT2D eigenvalue weighted by Gasteiger charge is -2.25. The molecule has 1 aromatic heterocycles. The van der Waals surface area contributed by atoms with E-state index in [1.54, 1.807) is 34.6 Å². The highest BCUT2D eigenvalue weighted by molar-refractivity contribution is 7.19. The number of benzene rings is 2. The summed E-state index contributed by atoms with van der Waals surface area (Å²) >= 11 is 1.04. The zero-order valence-electron chi connectivity index (χ0n) is 43.7. The summed E-state index contributed by atoms with van der Waals surface area (Å²) in [4.78, 5) is 63.9. The third-order valence-corrected chi connectivity index (χ3v) is 12.6. The lowest BCUT2D eigenvalue weighted by Crippen LogP contribution is -2.47. The van der Waals surface area contributed by atoms with Crippen LogP contribution in [0, 0.1) is 11.6 Å². The highest BCUT2D eigenvalue weighted by Crippen LogP contribution is 2.43. The Morgan fingerprint density at radius 2 is 1.50 bits per heavy atom. The third-order valence-electron chi connectivity index (χ3n) is 11.5. The fourth-order valence-corrected chi connectivity index (χ4v) is 8.60. The number of hydrogen-bond donors (Lipinski definition) is 8. The first-order valence-corrected chi connectivity index (χ1v) is 25.2. The number of nitrogens with one attached hydrogen (secondary N) is 2. The molecular weight excluding hydrogens is 1030 g/mol. The van der Waals surface area contributed by atoms with Crippen molar-refractivity contribution < 1.29 is 106 Å². The van der Waals surface area contributed by atoms with Gasteiger partial charge in [-0.3, -0.25) is 14.4 Å². The van der Waals surface area contributed by atoms with Crippen molar-refractivity contribution in [1.82, 2.24) is 15.5 Å². The van der Waals surface area contributed by atoms with E-state index in [1.807, 2.05) is 0 Å². The van der Waals surface area contributed by atoms with E-state index < -0.39 is 109 Å². The Labute approximate surface area is 442 Å². The predicted octanol–water partition coefficient (Wildman–Crippen LogP) is 2.45. The molecule has 2 aromatic carbocycles. The summed E-state index contributed by atoms with van der Waals surface area (Å²) in [6.07, 6.45) is -13.1. The van der Waals surface area contributed by atoms with Crippen molar-refractivity contribution in [2.24, 2.45) is 0 Å². The monoisotopic (exact) mass is 1100 g/mol. The molecule has 1 aliphatic heterocycles. The van der Waals surface area contributed by atoms with E-state index in [2.05, 4.69) is 10.6 Å². The van der Waals surface area contributed by atoms with Gasteiger partial charge in [-0.25, -0.2) is 13.6 Å². The summed E-state index contributed by atoms with van der Waals surface area (Å²) in [5, 5.41) is 64.1. The molecule has 0 bridgehead atoms. The summed E-state index contributed by atoms with van der Waals surface area (Å²) < 4.78 is 82.0. The summed E-state index contributed by atoms with van der Waals surface area (Å²) in [5.41, 5.74) is -0.0619. The molecule has 3 unspecified atom stereocenters. The third kappa shape index (κ3) is 18.3. The summed E-state index contributed by atoms with van der Waals surface area (Å²) in [6.45, 7) is 8.02. The number of rotatable bonds is 32. The Kier molecular flexibility index (Phi) is 24.7. The van der Waals surface area contributed by atoms with E-state index in [1.165, 1.54) is 44.2 Å².